The molecule has 0 spiro atoms. The van der Waals surface area contributed by atoms with E-state index in [1.54, 1.807) is 4.88 Å². The molecular formula is C36H29BrS7. The fourth-order valence-corrected chi connectivity index (χ4v) is 15.8. The molecule has 0 aliphatic heterocycles. The standard InChI is InChI=1S/C24H24S4.C12H5BrS3/c1-2-3-4-5-6-7-10-16-13-14-19(25-16)20-15-21-23(27-20)24-22(28-21)17-11-8-9-12-18(17)26-24;13-9-5-8-11(16-9)12-10(15-8)6-3-1-2-4-7(6)14-12/h8-9,11-15H,2-7,10H2,1H3;1-5H. The average Bonchev–Trinajstić information content (AvgIpc) is 3.87. The van der Waals surface area contributed by atoms with Crippen LogP contribution in [-0.2, 0) is 6.42 Å². The van der Waals surface area contributed by atoms with Crippen molar-refractivity contribution in [3.63, 3.8) is 0 Å². The number of unbranched alkanes of at least 4 members (excludes halogenated alkanes) is 5. The SMILES string of the molecule is Brc1cc2sc3c4ccccc4sc3c2s1.CCCCCCCCc1ccc(-c2cc3sc4c5ccccc5sc4c3s2)s1. The Labute approximate surface area is 293 Å². The highest BCUT2D eigenvalue weighted by molar-refractivity contribution is 9.11. The number of thiophene rings is 7. The Bertz CT molecular complexity index is 2360. The van der Waals surface area contributed by atoms with Crippen LogP contribution in [0.1, 0.15) is 50.3 Å². The quantitative estimate of drug-likeness (QED) is 0.135. The highest BCUT2D eigenvalue weighted by Gasteiger charge is 2.16. The fourth-order valence-electron chi connectivity index (χ4n) is 5.80. The lowest BCUT2D eigenvalue weighted by Crippen LogP contribution is -1.82. The van der Waals surface area contributed by atoms with Gasteiger partial charge in [-0.25, -0.2) is 0 Å². The molecule has 0 amide bonds. The number of aryl methyl sites for hydroxylation is 1. The molecule has 9 aromatic rings. The van der Waals surface area contributed by atoms with Crippen molar-refractivity contribution in [2.24, 2.45) is 0 Å². The first kappa shape index (κ1) is 29.8. The van der Waals surface area contributed by atoms with Crippen LogP contribution in [0.15, 0.2) is 76.6 Å². The molecule has 0 fully saturated rings. The van der Waals surface area contributed by atoms with Crippen molar-refractivity contribution >= 4 is 153 Å². The second kappa shape index (κ2) is 12.9. The van der Waals surface area contributed by atoms with Crippen LogP contribution in [0.25, 0.3) is 67.5 Å². The monoisotopic (exact) mass is 764 g/mol. The highest BCUT2D eigenvalue weighted by Crippen LogP contribution is 2.50. The molecule has 0 bridgehead atoms. The van der Waals surface area contributed by atoms with Crippen molar-refractivity contribution < 1.29 is 0 Å². The van der Waals surface area contributed by atoms with Gasteiger partial charge in [-0.1, -0.05) is 75.4 Å². The van der Waals surface area contributed by atoms with Crippen molar-refractivity contribution in [1.82, 2.24) is 0 Å². The maximum Gasteiger partial charge on any atom is 0.0719 e. The van der Waals surface area contributed by atoms with Crippen LogP contribution in [0, 0.1) is 0 Å². The third-order valence-corrected chi connectivity index (χ3v) is 17.6. The van der Waals surface area contributed by atoms with Crippen molar-refractivity contribution in [3.8, 4) is 9.75 Å². The van der Waals surface area contributed by atoms with Crippen molar-refractivity contribution in [2.45, 2.75) is 51.9 Å². The van der Waals surface area contributed by atoms with E-state index >= 15 is 0 Å². The average molecular weight is 766 g/mol. The summed E-state index contributed by atoms with van der Waals surface area (Å²) in [5.74, 6) is 0. The molecule has 0 saturated heterocycles. The Kier molecular flexibility index (Phi) is 8.71. The number of halogens is 1. The predicted octanol–water partition coefficient (Wildman–Crippen LogP) is 16.1. The maximum absolute atomic E-state index is 3.56. The minimum absolute atomic E-state index is 1.23. The Morgan fingerprint density at radius 1 is 0.477 bits per heavy atom. The molecule has 7 heterocycles. The van der Waals surface area contributed by atoms with Crippen LogP contribution in [0.3, 0.4) is 0 Å². The van der Waals surface area contributed by atoms with Crippen LogP contribution in [0.4, 0.5) is 0 Å². The summed E-state index contributed by atoms with van der Waals surface area (Å²) >= 11 is 17.1. The van der Waals surface area contributed by atoms with Gasteiger partial charge in [0.1, 0.15) is 0 Å². The van der Waals surface area contributed by atoms with Gasteiger partial charge < -0.3 is 0 Å². The number of fused-ring (bicyclic) bond motifs is 10. The van der Waals surface area contributed by atoms with E-state index in [1.807, 2.05) is 79.4 Å². The van der Waals surface area contributed by atoms with Crippen molar-refractivity contribution in [1.29, 1.82) is 0 Å². The van der Waals surface area contributed by atoms with E-state index in [0.717, 1.165) is 0 Å². The van der Waals surface area contributed by atoms with Gasteiger partial charge in [-0.05, 0) is 65.2 Å². The summed E-state index contributed by atoms with van der Waals surface area (Å²) in [6, 6.07) is 26.8. The zero-order chi connectivity index (χ0) is 29.6. The van der Waals surface area contributed by atoms with E-state index in [1.165, 1.54) is 116 Å². The Hall–Kier alpha value is -1.62. The van der Waals surface area contributed by atoms with E-state index in [0.29, 0.717) is 0 Å². The first-order valence-corrected chi connectivity index (χ1v) is 21.6. The molecule has 0 unspecified atom stereocenters. The molecule has 0 atom stereocenters. The van der Waals surface area contributed by atoms with E-state index in [4.69, 9.17) is 0 Å². The Morgan fingerprint density at radius 3 is 1.77 bits per heavy atom. The van der Waals surface area contributed by atoms with Crippen LogP contribution < -0.4 is 0 Å². The second-order valence-electron chi connectivity index (χ2n) is 11.0. The molecule has 0 radical (unpaired) electrons. The second-order valence-corrected chi connectivity index (χ2v) is 19.9. The van der Waals surface area contributed by atoms with E-state index in [9.17, 15) is 0 Å². The number of hydrogen-bond acceptors (Lipinski definition) is 7. The summed E-state index contributed by atoms with van der Waals surface area (Å²) in [7, 11) is 0. The van der Waals surface area contributed by atoms with Crippen LogP contribution in [0.2, 0.25) is 0 Å². The lowest BCUT2D eigenvalue weighted by molar-refractivity contribution is 0.609. The van der Waals surface area contributed by atoms with Crippen LogP contribution >= 0.6 is 95.3 Å². The summed E-state index contributed by atoms with van der Waals surface area (Å²) in [5, 5.41) is 2.84. The van der Waals surface area contributed by atoms with Crippen LogP contribution in [-0.4, -0.2) is 0 Å². The van der Waals surface area contributed by atoms with Crippen LogP contribution in [0.5, 0.6) is 0 Å². The molecular weight excluding hydrogens is 737 g/mol. The minimum Gasteiger partial charge on any atom is -0.139 e. The molecule has 0 aliphatic rings. The topological polar surface area (TPSA) is 0 Å². The Morgan fingerprint density at radius 2 is 1.07 bits per heavy atom. The van der Waals surface area contributed by atoms with Gasteiger partial charge in [0.2, 0.25) is 0 Å². The first-order chi connectivity index (χ1) is 21.7. The van der Waals surface area contributed by atoms with Gasteiger partial charge in [0.15, 0.2) is 0 Å². The van der Waals surface area contributed by atoms with Crippen molar-refractivity contribution in [2.75, 3.05) is 0 Å². The molecule has 9 rings (SSSR count). The van der Waals surface area contributed by atoms with Gasteiger partial charge in [-0.2, -0.15) is 0 Å². The molecule has 0 N–H and O–H groups in total. The number of benzene rings is 2. The molecule has 7 aromatic heterocycles. The molecule has 0 aliphatic carbocycles. The van der Waals surface area contributed by atoms with E-state index < -0.39 is 0 Å². The van der Waals surface area contributed by atoms with Gasteiger partial charge in [0.25, 0.3) is 0 Å². The predicted molar refractivity (Wildman–Crippen MR) is 213 cm³/mol. The van der Waals surface area contributed by atoms with Crippen molar-refractivity contribution in [3.05, 3.63) is 81.5 Å². The summed E-state index contributed by atoms with van der Waals surface area (Å²) in [4.78, 5) is 4.44. The first-order valence-electron chi connectivity index (χ1n) is 15.1. The largest absolute Gasteiger partial charge is 0.139 e. The van der Waals surface area contributed by atoms with Gasteiger partial charge >= 0.3 is 0 Å². The van der Waals surface area contributed by atoms with E-state index in [-0.39, 0.29) is 0 Å². The molecule has 222 valence electrons. The lowest BCUT2D eigenvalue weighted by Gasteiger charge is -1.99. The summed E-state index contributed by atoms with van der Waals surface area (Å²) in [5.41, 5.74) is 0. The van der Waals surface area contributed by atoms with E-state index in [2.05, 4.69) is 95.7 Å². The minimum atomic E-state index is 1.23. The number of hydrogen-bond donors (Lipinski definition) is 0. The summed E-state index contributed by atoms with van der Waals surface area (Å²) < 4.78 is 15.7. The zero-order valence-corrected chi connectivity index (χ0v) is 31.4. The van der Waals surface area contributed by atoms with Gasteiger partial charge in [-0.15, -0.1) is 79.4 Å². The molecule has 2 aromatic carbocycles. The molecule has 0 saturated carbocycles. The fraction of sp³-hybridized carbons (Fsp3) is 0.222. The third-order valence-electron chi connectivity index (χ3n) is 7.98. The van der Waals surface area contributed by atoms with Gasteiger partial charge in [0.05, 0.1) is 32.0 Å². The van der Waals surface area contributed by atoms with Gasteiger partial charge in [-0.3, -0.25) is 0 Å². The highest BCUT2D eigenvalue weighted by atomic mass is 79.9. The van der Waals surface area contributed by atoms with Gasteiger partial charge in [0, 0.05) is 44.2 Å². The molecule has 0 nitrogen and oxygen atoms in total. The summed E-state index contributed by atoms with van der Waals surface area (Å²) in [6.07, 6.45) is 9.50. The summed E-state index contributed by atoms with van der Waals surface area (Å²) in [6.45, 7) is 2.29. The normalized spacial score (nSPS) is 12.0. The number of rotatable bonds is 8. The zero-order valence-electron chi connectivity index (χ0n) is 24.1. The Balaban J connectivity index is 0.000000152. The molecule has 8 heteroatoms. The smallest absolute Gasteiger partial charge is 0.0719 e. The maximum atomic E-state index is 3.56. The lowest BCUT2D eigenvalue weighted by atomic mass is 10.1. The molecule has 44 heavy (non-hydrogen) atoms. The third kappa shape index (κ3) is 5.64.